The van der Waals surface area contributed by atoms with Gasteiger partial charge in [0.05, 0.1) is 12.7 Å². The number of benzene rings is 1. The van der Waals surface area contributed by atoms with Crippen molar-refractivity contribution in [3.63, 3.8) is 0 Å². The lowest BCUT2D eigenvalue weighted by Gasteiger charge is -2.23. The van der Waals surface area contributed by atoms with Crippen molar-refractivity contribution < 1.29 is 9.84 Å². The molecule has 0 spiro atoms. The predicted octanol–water partition coefficient (Wildman–Crippen LogP) is 1.74. The molecule has 2 N–H and O–H groups in total. The SMILES string of the molecule is COc1c(O)cc(C2CCCNC2)cc1C#N. The number of hydrogen-bond donors (Lipinski definition) is 2. The Labute approximate surface area is 101 Å². The number of methoxy groups -OCH3 is 1. The Hall–Kier alpha value is -1.73. The zero-order valence-corrected chi connectivity index (χ0v) is 9.86. The van der Waals surface area contributed by atoms with Crippen molar-refractivity contribution in [3.05, 3.63) is 23.3 Å². The first-order chi connectivity index (χ1) is 8.26. The summed E-state index contributed by atoms with van der Waals surface area (Å²) < 4.78 is 5.02. The first kappa shape index (κ1) is 11.7. The van der Waals surface area contributed by atoms with Crippen LogP contribution in [0.15, 0.2) is 12.1 Å². The van der Waals surface area contributed by atoms with Crippen LogP contribution in [-0.4, -0.2) is 25.3 Å². The molecule has 0 aliphatic carbocycles. The number of hydrogen-bond acceptors (Lipinski definition) is 4. The van der Waals surface area contributed by atoms with Gasteiger partial charge in [-0.15, -0.1) is 0 Å². The van der Waals surface area contributed by atoms with Crippen molar-refractivity contribution in [2.24, 2.45) is 0 Å². The van der Waals surface area contributed by atoms with Crippen molar-refractivity contribution in [1.29, 1.82) is 5.26 Å². The number of aromatic hydroxyl groups is 1. The average Bonchev–Trinajstić information content (AvgIpc) is 2.38. The zero-order valence-electron chi connectivity index (χ0n) is 9.86. The van der Waals surface area contributed by atoms with Crippen molar-refractivity contribution in [2.75, 3.05) is 20.2 Å². The van der Waals surface area contributed by atoms with Gasteiger partial charge in [0.1, 0.15) is 6.07 Å². The highest BCUT2D eigenvalue weighted by Crippen LogP contribution is 2.35. The van der Waals surface area contributed by atoms with Crippen molar-refractivity contribution in [3.8, 4) is 17.6 Å². The maximum atomic E-state index is 9.84. The van der Waals surface area contributed by atoms with Crippen molar-refractivity contribution >= 4 is 0 Å². The van der Waals surface area contributed by atoms with Crippen molar-refractivity contribution in [1.82, 2.24) is 5.32 Å². The first-order valence-corrected chi connectivity index (χ1v) is 5.78. The van der Waals surface area contributed by atoms with E-state index in [2.05, 4.69) is 11.4 Å². The lowest BCUT2D eigenvalue weighted by atomic mass is 9.90. The van der Waals surface area contributed by atoms with E-state index >= 15 is 0 Å². The summed E-state index contributed by atoms with van der Waals surface area (Å²) in [7, 11) is 1.46. The molecule has 1 aromatic rings. The van der Waals surface area contributed by atoms with Crippen LogP contribution < -0.4 is 10.1 Å². The Kier molecular flexibility index (Phi) is 3.50. The van der Waals surface area contributed by atoms with E-state index in [0.717, 1.165) is 31.5 Å². The molecular weight excluding hydrogens is 216 g/mol. The largest absolute Gasteiger partial charge is 0.504 e. The minimum absolute atomic E-state index is 0.0483. The van der Waals surface area contributed by atoms with Crippen LogP contribution in [0.4, 0.5) is 0 Å². The Morgan fingerprint density at radius 3 is 2.94 bits per heavy atom. The number of nitrogens with one attached hydrogen (secondary N) is 1. The van der Waals surface area contributed by atoms with Gasteiger partial charge in [-0.3, -0.25) is 0 Å². The van der Waals surface area contributed by atoms with Gasteiger partial charge >= 0.3 is 0 Å². The Morgan fingerprint density at radius 1 is 1.53 bits per heavy atom. The molecule has 1 unspecified atom stereocenters. The third-order valence-corrected chi connectivity index (χ3v) is 3.18. The summed E-state index contributed by atoms with van der Waals surface area (Å²) in [5.74, 6) is 0.680. The molecule has 4 nitrogen and oxygen atoms in total. The molecule has 0 bridgehead atoms. The highest BCUT2D eigenvalue weighted by molar-refractivity contribution is 5.54. The van der Waals surface area contributed by atoms with Gasteiger partial charge in [-0.2, -0.15) is 5.26 Å². The summed E-state index contributed by atoms with van der Waals surface area (Å²) in [5, 5.41) is 22.2. The van der Waals surface area contributed by atoms with E-state index in [4.69, 9.17) is 10.00 Å². The highest BCUT2D eigenvalue weighted by Gasteiger charge is 2.19. The van der Waals surface area contributed by atoms with Crippen LogP contribution in [0, 0.1) is 11.3 Å². The van der Waals surface area contributed by atoms with Gasteiger partial charge in [0.2, 0.25) is 0 Å². The number of rotatable bonds is 2. The number of nitriles is 1. The van der Waals surface area contributed by atoms with Gasteiger partial charge in [-0.1, -0.05) is 0 Å². The van der Waals surface area contributed by atoms with E-state index in [1.807, 2.05) is 6.07 Å². The first-order valence-electron chi connectivity index (χ1n) is 5.78. The van der Waals surface area contributed by atoms with E-state index in [9.17, 15) is 5.11 Å². The number of nitrogens with zero attached hydrogens (tertiary/aromatic N) is 1. The molecule has 1 aliphatic rings. The van der Waals surface area contributed by atoms with Crippen LogP contribution >= 0.6 is 0 Å². The Bertz CT molecular complexity index is 445. The quantitative estimate of drug-likeness (QED) is 0.815. The van der Waals surface area contributed by atoms with Crippen molar-refractivity contribution in [2.45, 2.75) is 18.8 Å². The molecule has 1 aliphatic heterocycles. The highest BCUT2D eigenvalue weighted by atomic mass is 16.5. The summed E-state index contributed by atoms with van der Waals surface area (Å²) in [4.78, 5) is 0. The molecule has 1 fully saturated rings. The monoisotopic (exact) mass is 232 g/mol. The van der Waals surface area contributed by atoms with Crippen LogP contribution in [0.25, 0.3) is 0 Å². The standard InChI is InChI=1S/C13H16N2O2/c1-17-13-11(7-14)5-10(6-12(13)16)9-3-2-4-15-8-9/h5-6,9,15-16H,2-4,8H2,1H3. The topological polar surface area (TPSA) is 65.3 Å². The molecular formula is C13H16N2O2. The van der Waals surface area contributed by atoms with Gasteiger partial charge in [-0.05, 0) is 43.0 Å². The number of ether oxygens (including phenoxy) is 1. The third-order valence-electron chi connectivity index (χ3n) is 3.18. The van der Waals surface area contributed by atoms with Gasteiger partial charge in [-0.25, -0.2) is 0 Å². The molecule has 90 valence electrons. The molecule has 0 saturated carbocycles. The van der Waals surface area contributed by atoms with Crippen LogP contribution in [-0.2, 0) is 0 Å². The minimum Gasteiger partial charge on any atom is -0.504 e. The van der Waals surface area contributed by atoms with E-state index in [-0.39, 0.29) is 11.5 Å². The summed E-state index contributed by atoms with van der Waals surface area (Å²) in [6.45, 7) is 1.94. The molecule has 17 heavy (non-hydrogen) atoms. The second-order valence-electron chi connectivity index (χ2n) is 4.28. The fourth-order valence-electron chi connectivity index (χ4n) is 2.30. The van der Waals surface area contributed by atoms with E-state index in [0.29, 0.717) is 11.5 Å². The molecule has 4 heteroatoms. The summed E-state index contributed by atoms with van der Waals surface area (Å²) >= 11 is 0. The van der Waals surface area contributed by atoms with Gasteiger partial charge in [0, 0.05) is 6.54 Å². The maximum Gasteiger partial charge on any atom is 0.178 e. The van der Waals surface area contributed by atoms with E-state index < -0.39 is 0 Å². The number of phenolic OH excluding ortho intramolecular Hbond substituents is 1. The van der Waals surface area contributed by atoms with Gasteiger partial charge < -0.3 is 15.2 Å². The fourth-order valence-corrected chi connectivity index (χ4v) is 2.30. The third kappa shape index (κ3) is 2.34. The maximum absolute atomic E-state index is 9.84. The van der Waals surface area contributed by atoms with E-state index in [1.54, 1.807) is 6.07 Å². The minimum atomic E-state index is 0.0483. The summed E-state index contributed by atoms with van der Waals surface area (Å²) in [5.41, 5.74) is 1.40. The normalized spacial score (nSPS) is 19.6. The molecule has 0 amide bonds. The second-order valence-corrected chi connectivity index (χ2v) is 4.28. The molecule has 2 rings (SSSR count). The van der Waals surface area contributed by atoms with Crippen LogP contribution in [0.5, 0.6) is 11.5 Å². The fraction of sp³-hybridized carbons (Fsp3) is 0.462. The average molecular weight is 232 g/mol. The number of phenols is 1. The van der Waals surface area contributed by atoms with Crippen LogP contribution in [0.1, 0.15) is 29.9 Å². The predicted molar refractivity (Wildman–Crippen MR) is 64.2 cm³/mol. The smallest absolute Gasteiger partial charge is 0.178 e. The molecule has 0 aromatic heterocycles. The van der Waals surface area contributed by atoms with E-state index in [1.165, 1.54) is 7.11 Å². The number of piperidine rings is 1. The molecule has 1 atom stereocenters. The van der Waals surface area contributed by atoms with Gasteiger partial charge in [0.25, 0.3) is 0 Å². The lowest BCUT2D eigenvalue weighted by Crippen LogP contribution is -2.28. The van der Waals surface area contributed by atoms with Crippen LogP contribution in [0.3, 0.4) is 0 Å². The Morgan fingerprint density at radius 2 is 2.35 bits per heavy atom. The Balaban J connectivity index is 2.36. The van der Waals surface area contributed by atoms with Crippen LogP contribution in [0.2, 0.25) is 0 Å². The van der Waals surface area contributed by atoms with Gasteiger partial charge in [0.15, 0.2) is 11.5 Å². The molecule has 0 radical (unpaired) electrons. The summed E-state index contributed by atoms with van der Waals surface area (Å²) in [6.07, 6.45) is 2.21. The summed E-state index contributed by atoms with van der Waals surface area (Å²) in [6, 6.07) is 5.58. The molecule has 1 saturated heterocycles. The molecule has 1 heterocycles. The zero-order chi connectivity index (χ0) is 12.3. The second kappa shape index (κ2) is 5.07. The lowest BCUT2D eigenvalue weighted by molar-refractivity contribution is 0.370. The molecule has 1 aromatic carbocycles.